The second-order valence-corrected chi connectivity index (χ2v) is 4.30. The molecule has 1 atom stereocenters. The van der Waals surface area contributed by atoms with Crippen molar-refractivity contribution in [2.75, 3.05) is 12.4 Å². The highest BCUT2D eigenvalue weighted by atomic mass is 16.5. The molecule has 0 fully saturated rings. The Kier molecular flexibility index (Phi) is 3.82. The minimum Gasteiger partial charge on any atom is -0.497 e. The smallest absolute Gasteiger partial charge is 0.119 e. The zero-order valence-corrected chi connectivity index (χ0v) is 11.0. The summed E-state index contributed by atoms with van der Waals surface area (Å²) in [4.78, 5) is 4.35. The van der Waals surface area contributed by atoms with Gasteiger partial charge in [0, 0.05) is 11.9 Å². The Bertz CT molecular complexity index is 511. The summed E-state index contributed by atoms with van der Waals surface area (Å²) in [5, 5.41) is 3.46. The molecule has 1 N–H and O–H groups in total. The molecule has 0 bridgehead atoms. The summed E-state index contributed by atoms with van der Waals surface area (Å²) < 4.78 is 5.20. The van der Waals surface area contributed by atoms with Crippen molar-refractivity contribution in [2.45, 2.75) is 19.9 Å². The van der Waals surface area contributed by atoms with Crippen LogP contribution < -0.4 is 10.1 Å². The number of ether oxygens (including phenoxy) is 1. The molecule has 3 nitrogen and oxygen atoms in total. The van der Waals surface area contributed by atoms with E-state index >= 15 is 0 Å². The number of aromatic nitrogens is 1. The van der Waals surface area contributed by atoms with Gasteiger partial charge in [-0.3, -0.25) is 4.98 Å². The molecule has 0 saturated carbocycles. The van der Waals surface area contributed by atoms with Gasteiger partial charge in [-0.25, -0.2) is 0 Å². The summed E-state index contributed by atoms with van der Waals surface area (Å²) in [6, 6.07) is 12.1. The van der Waals surface area contributed by atoms with Crippen LogP contribution in [0.5, 0.6) is 5.75 Å². The van der Waals surface area contributed by atoms with Gasteiger partial charge in [0.05, 0.1) is 18.8 Å². The van der Waals surface area contributed by atoms with Gasteiger partial charge in [-0.1, -0.05) is 6.07 Å². The third kappa shape index (κ3) is 2.80. The fourth-order valence-electron chi connectivity index (χ4n) is 1.86. The number of nitrogens with one attached hydrogen (secondary N) is 1. The monoisotopic (exact) mass is 242 g/mol. The molecule has 0 radical (unpaired) electrons. The van der Waals surface area contributed by atoms with Gasteiger partial charge in [-0.2, -0.15) is 0 Å². The fraction of sp³-hybridized carbons (Fsp3) is 0.267. The zero-order valence-electron chi connectivity index (χ0n) is 11.0. The molecule has 1 unspecified atom stereocenters. The molecule has 1 aromatic heterocycles. The van der Waals surface area contributed by atoms with Crippen LogP contribution in [0.15, 0.2) is 42.6 Å². The second kappa shape index (κ2) is 5.54. The van der Waals surface area contributed by atoms with Crippen LogP contribution in [-0.4, -0.2) is 12.1 Å². The zero-order chi connectivity index (χ0) is 13.0. The molecule has 1 heterocycles. The van der Waals surface area contributed by atoms with Gasteiger partial charge in [-0.15, -0.1) is 0 Å². The van der Waals surface area contributed by atoms with Crippen molar-refractivity contribution in [3.05, 3.63) is 53.9 Å². The predicted molar refractivity (Wildman–Crippen MR) is 74.0 cm³/mol. The topological polar surface area (TPSA) is 34.1 Å². The van der Waals surface area contributed by atoms with Gasteiger partial charge in [0.25, 0.3) is 0 Å². The fourth-order valence-corrected chi connectivity index (χ4v) is 1.86. The summed E-state index contributed by atoms with van der Waals surface area (Å²) >= 11 is 0. The largest absolute Gasteiger partial charge is 0.497 e. The molecular weight excluding hydrogens is 224 g/mol. The van der Waals surface area contributed by atoms with E-state index in [0.29, 0.717) is 0 Å². The van der Waals surface area contributed by atoms with Gasteiger partial charge in [0.1, 0.15) is 5.75 Å². The van der Waals surface area contributed by atoms with Crippen molar-refractivity contribution in [2.24, 2.45) is 0 Å². The van der Waals surface area contributed by atoms with Gasteiger partial charge in [0.2, 0.25) is 0 Å². The average Bonchev–Trinajstić information content (AvgIpc) is 2.42. The van der Waals surface area contributed by atoms with Crippen LogP contribution in [0.3, 0.4) is 0 Å². The Morgan fingerprint density at radius 1 is 1.22 bits per heavy atom. The van der Waals surface area contributed by atoms with E-state index in [-0.39, 0.29) is 6.04 Å². The third-order valence-electron chi connectivity index (χ3n) is 2.94. The molecule has 0 aliphatic heterocycles. The molecule has 94 valence electrons. The molecule has 18 heavy (non-hydrogen) atoms. The molecule has 0 saturated heterocycles. The number of aryl methyl sites for hydroxylation is 1. The third-order valence-corrected chi connectivity index (χ3v) is 2.94. The van der Waals surface area contributed by atoms with E-state index in [1.807, 2.05) is 42.6 Å². The number of rotatable bonds is 4. The van der Waals surface area contributed by atoms with Gasteiger partial charge >= 0.3 is 0 Å². The summed E-state index contributed by atoms with van der Waals surface area (Å²) in [7, 11) is 1.68. The minimum absolute atomic E-state index is 0.179. The minimum atomic E-state index is 0.179. The molecule has 0 amide bonds. The lowest BCUT2D eigenvalue weighted by Gasteiger charge is -2.17. The number of hydrogen-bond donors (Lipinski definition) is 1. The Morgan fingerprint density at radius 2 is 2.06 bits per heavy atom. The highest BCUT2D eigenvalue weighted by molar-refractivity contribution is 5.54. The lowest BCUT2D eigenvalue weighted by atomic mass is 10.1. The quantitative estimate of drug-likeness (QED) is 0.890. The Balaban J connectivity index is 2.14. The van der Waals surface area contributed by atoms with E-state index in [1.54, 1.807) is 7.11 Å². The maximum Gasteiger partial charge on any atom is 0.119 e. The SMILES string of the molecule is COc1ccc(NC(C)c2ccccn2)c(C)c1. The van der Waals surface area contributed by atoms with E-state index < -0.39 is 0 Å². The Labute approximate surface area is 108 Å². The molecule has 2 rings (SSSR count). The van der Waals surface area contributed by atoms with Crippen LogP contribution >= 0.6 is 0 Å². The molecule has 0 aliphatic carbocycles. The first-order valence-corrected chi connectivity index (χ1v) is 6.03. The molecular formula is C15H18N2O. The highest BCUT2D eigenvalue weighted by Crippen LogP contribution is 2.24. The van der Waals surface area contributed by atoms with Crippen molar-refractivity contribution in [3.8, 4) is 5.75 Å². The number of methoxy groups -OCH3 is 1. The molecule has 3 heteroatoms. The van der Waals surface area contributed by atoms with Crippen molar-refractivity contribution in [1.82, 2.24) is 4.98 Å². The van der Waals surface area contributed by atoms with E-state index in [1.165, 1.54) is 0 Å². The normalized spacial score (nSPS) is 11.9. The number of hydrogen-bond acceptors (Lipinski definition) is 3. The van der Waals surface area contributed by atoms with Crippen molar-refractivity contribution < 1.29 is 4.74 Å². The Morgan fingerprint density at radius 3 is 2.67 bits per heavy atom. The summed E-state index contributed by atoms with van der Waals surface area (Å²) in [5.74, 6) is 0.878. The lowest BCUT2D eigenvalue weighted by molar-refractivity contribution is 0.414. The van der Waals surface area contributed by atoms with E-state index in [4.69, 9.17) is 4.74 Å². The average molecular weight is 242 g/mol. The molecule has 2 aromatic rings. The predicted octanol–water partition coefficient (Wildman–Crippen LogP) is 3.57. The number of anilines is 1. The first kappa shape index (κ1) is 12.4. The van der Waals surface area contributed by atoms with Gasteiger partial charge < -0.3 is 10.1 Å². The second-order valence-electron chi connectivity index (χ2n) is 4.30. The Hall–Kier alpha value is -2.03. The van der Waals surface area contributed by atoms with Crippen molar-refractivity contribution >= 4 is 5.69 Å². The van der Waals surface area contributed by atoms with Crippen LogP contribution in [0.1, 0.15) is 24.2 Å². The van der Waals surface area contributed by atoms with Crippen molar-refractivity contribution in [1.29, 1.82) is 0 Å². The van der Waals surface area contributed by atoms with Crippen LogP contribution in [0.25, 0.3) is 0 Å². The molecule has 0 aliphatic rings. The maximum absolute atomic E-state index is 5.20. The number of nitrogens with zero attached hydrogens (tertiary/aromatic N) is 1. The molecule has 0 spiro atoms. The van der Waals surface area contributed by atoms with Crippen LogP contribution in [0, 0.1) is 6.92 Å². The summed E-state index contributed by atoms with van der Waals surface area (Å²) in [6.45, 7) is 4.17. The summed E-state index contributed by atoms with van der Waals surface area (Å²) in [5.41, 5.74) is 3.30. The van der Waals surface area contributed by atoms with E-state index in [9.17, 15) is 0 Å². The molecule has 1 aromatic carbocycles. The van der Waals surface area contributed by atoms with E-state index in [0.717, 1.165) is 22.7 Å². The van der Waals surface area contributed by atoms with Gasteiger partial charge in [-0.05, 0) is 49.7 Å². The first-order valence-electron chi connectivity index (χ1n) is 6.03. The van der Waals surface area contributed by atoms with Gasteiger partial charge in [0.15, 0.2) is 0 Å². The maximum atomic E-state index is 5.20. The van der Waals surface area contributed by atoms with Crippen LogP contribution in [0.2, 0.25) is 0 Å². The van der Waals surface area contributed by atoms with Crippen LogP contribution in [-0.2, 0) is 0 Å². The standard InChI is InChI=1S/C15H18N2O/c1-11-10-13(18-3)7-8-14(11)17-12(2)15-6-4-5-9-16-15/h4-10,12,17H,1-3H3. The first-order chi connectivity index (χ1) is 8.70. The van der Waals surface area contributed by atoms with E-state index in [2.05, 4.69) is 24.1 Å². The number of benzene rings is 1. The highest BCUT2D eigenvalue weighted by Gasteiger charge is 2.07. The van der Waals surface area contributed by atoms with Crippen LogP contribution in [0.4, 0.5) is 5.69 Å². The number of pyridine rings is 1. The van der Waals surface area contributed by atoms with Crippen molar-refractivity contribution in [3.63, 3.8) is 0 Å². The lowest BCUT2D eigenvalue weighted by Crippen LogP contribution is -2.09. The summed E-state index contributed by atoms with van der Waals surface area (Å²) in [6.07, 6.45) is 1.81.